The number of rotatable bonds is 4. The van der Waals surface area contributed by atoms with E-state index in [-0.39, 0.29) is 11.0 Å². The second-order valence-corrected chi connectivity index (χ2v) is 11.7. The van der Waals surface area contributed by atoms with Crippen LogP contribution >= 0.6 is 0 Å². The Morgan fingerprint density at radius 1 is 0.778 bits per heavy atom. The highest BCUT2D eigenvalue weighted by Gasteiger charge is 2.51. The third kappa shape index (κ3) is 3.77. The average Bonchev–Trinajstić information content (AvgIpc) is 3.05. The van der Waals surface area contributed by atoms with Gasteiger partial charge in [-0.3, -0.25) is 4.79 Å². The third-order valence-electron chi connectivity index (χ3n) is 9.48. The Balaban J connectivity index is 1.25. The molecule has 2 unspecified atom stereocenters. The van der Waals surface area contributed by atoms with Crippen LogP contribution in [0.5, 0.6) is 0 Å². The van der Waals surface area contributed by atoms with Gasteiger partial charge in [-0.1, -0.05) is 25.7 Å². The van der Waals surface area contributed by atoms with Crippen molar-refractivity contribution in [2.45, 2.75) is 109 Å². The zero-order chi connectivity index (χ0) is 18.5. The zero-order valence-electron chi connectivity index (χ0n) is 17.5. The fourth-order valence-corrected chi connectivity index (χ4v) is 8.28. The van der Waals surface area contributed by atoms with Crippen molar-refractivity contribution in [3.8, 4) is 0 Å². The summed E-state index contributed by atoms with van der Waals surface area (Å²) in [6, 6.07) is 0. The van der Waals surface area contributed by atoms with Gasteiger partial charge in [0, 0.05) is 5.41 Å². The van der Waals surface area contributed by atoms with Gasteiger partial charge in [-0.2, -0.15) is 0 Å². The largest absolute Gasteiger partial charge is 0.367 e. The van der Waals surface area contributed by atoms with Crippen LogP contribution in [0.3, 0.4) is 0 Å². The normalized spacial score (nSPS) is 49.3. The molecule has 5 atom stereocenters. The van der Waals surface area contributed by atoms with Crippen molar-refractivity contribution in [3.05, 3.63) is 0 Å². The van der Waals surface area contributed by atoms with E-state index in [0.717, 1.165) is 36.0 Å². The van der Waals surface area contributed by atoms with Crippen LogP contribution < -0.4 is 0 Å². The highest BCUT2D eigenvalue weighted by atomic mass is 16.5. The molecule has 6 aliphatic rings. The van der Waals surface area contributed by atoms with Crippen molar-refractivity contribution in [1.82, 2.24) is 0 Å². The molecule has 27 heavy (non-hydrogen) atoms. The van der Waals surface area contributed by atoms with Crippen LogP contribution in [0.1, 0.15) is 103 Å². The molecule has 6 fully saturated rings. The lowest BCUT2D eigenvalue weighted by atomic mass is 9.60. The molecule has 2 heteroatoms. The van der Waals surface area contributed by atoms with Gasteiger partial charge in [-0.25, -0.2) is 0 Å². The van der Waals surface area contributed by atoms with Gasteiger partial charge in [0.15, 0.2) is 5.78 Å². The average molecular weight is 373 g/mol. The quantitative estimate of drug-likeness (QED) is 0.577. The van der Waals surface area contributed by atoms with E-state index < -0.39 is 0 Å². The molecule has 0 N–H and O–H groups in total. The van der Waals surface area contributed by atoms with Gasteiger partial charge in [0.25, 0.3) is 0 Å². The molecular formula is C25H40O2. The van der Waals surface area contributed by atoms with Gasteiger partial charge >= 0.3 is 0 Å². The lowest BCUT2D eigenvalue weighted by Gasteiger charge is -2.44. The Kier molecular flexibility index (Phi) is 4.94. The topological polar surface area (TPSA) is 26.3 Å². The second-order valence-electron chi connectivity index (χ2n) is 11.7. The first-order chi connectivity index (χ1) is 13.0. The maximum Gasteiger partial charge on any atom is 0.164 e. The van der Waals surface area contributed by atoms with Crippen LogP contribution in [0.4, 0.5) is 0 Å². The van der Waals surface area contributed by atoms with Crippen molar-refractivity contribution >= 4 is 5.78 Å². The summed E-state index contributed by atoms with van der Waals surface area (Å²) in [5.74, 6) is 4.84. The highest BCUT2D eigenvalue weighted by molar-refractivity contribution is 5.86. The zero-order valence-corrected chi connectivity index (χ0v) is 17.5. The van der Waals surface area contributed by atoms with Crippen LogP contribution in [-0.2, 0) is 9.53 Å². The Hall–Kier alpha value is -0.370. The van der Waals surface area contributed by atoms with E-state index in [1.807, 2.05) is 0 Å². The van der Waals surface area contributed by atoms with E-state index >= 15 is 0 Å². The summed E-state index contributed by atoms with van der Waals surface area (Å²) < 4.78 is 6.54. The van der Waals surface area contributed by atoms with Crippen LogP contribution in [0, 0.1) is 35.0 Å². The third-order valence-corrected chi connectivity index (χ3v) is 9.48. The standard InChI is InChI=1S/C25H40O2/c1-24(8-6-18-4-2-3-5-20(10-18)14-24)27-17-23(26)25-9-7-19-11-21(15-25)13-22(12-19)16-25/h18-22H,2-17H2,1H3/t18-,19?,20-,21?,22?,24+,25?/m0/s1. The molecule has 6 bridgehead atoms. The highest BCUT2D eigenvalue weighted by Crippen LogP contribution is 2.57. The minimum atomic E-state index is -0.0516. The molecular weight excluding hydrogens is 332 g/mol. The molecule has 0 saturated heterocycles. The summed E-state index contributed by atoms with van der Waals surface area (Å²) in [4.78, 5) is 13.5. The molecule has 0 heterocycles. The molecule has 0 aromatic rings. The number of hydrogen-bond donors (Lipinski definition) is 0. The van der Waals surface area contributed by atoms with Gasteiger partial charge in [-0.15, -0.1) is 0 Å². The summed E-state index contributed by atoms with van der Waals surface area (Å²) in [6.07, 6.45) is 19.8. The van der Waals surface area contributed by atoms with E-state index in [4.69, 9.17) is 4.74 Å². The molecule has 0 amide bonds. The Bertz CT molecular complexity index is 555. The minimum Gasteiger partial charge on any atom is -0.367 e. The fraction of sp³-hybridized carbons (Fsp3) is 0.960. The van der Waals surface area contributed by atoms with Crippen molar-refractivity contribution < 1.29 is 9.53 Å². The minimum absolute atomic E-state index is 0.00665. The van der Waals surface area contributed by atoms with Crippen LogP contribution in [0.15, 0.2) is 0 Å². The van der Waals surface area contributed by atoms with Crippen molar-refractivity contribution in [2.24, 2.45) is 35.0 Å². The van der Waals surface area contributed by atoms with Crippen LogP contribution in [0.25, 0.3) is 0 Å². The Morgan fingerprint density at radius 2 is 1.41 bits per heavy atom. The van der Waals surface area contributed by atoms with Crippen LogP contribution in [-0.4, -0.2) is 18.0 Å². The molecule has 0 aliphatic heterocycles. The second kappa shape index (κ2) is 7.15. The summed E-state index contributed by atoms with van der Waals surface area (Å²) >= 11 is 0. The number of carbonyl (C=O) groups excluding carboxylic acids is 1. The lowest BCUT2D eigenvalue weighted by molar-refractivity contribution is -0.146. The number of carbonyl (C=O) groups is 1. The molecule has 6 saturated carbocycles. The van der Waals surface area contributed by atoms with E-state index in [0.29, 0.717) is 12.4 Å². The summed E-state index contributed by atoms with van der Waals surface area (Å²) in [5, 5.41) is 0. The van der Waals surface area contributed by atoms with Crippen LogP contribution in [0.2, 0.25) is 0 Å². The predicted molar refractivity (Wildman–Crippen MR) is 109 cm³/mol. The predicted octanol–water partition coefficient (Wildman–Crippen LogP) is 6.32. The molecule has 0 spiro atoms. The van der Waals surface area contributed by atoms with Gasteiger partial charge < -0.3 is 4.74 Å². The Morgan fingerprint density at radius 3 is 2.19 bits per heavy atom. The smallest absolute Gasteiger partial charge is 0.164 e. The summed E-state index contributed by atoms with van der Waals surface area (Å²) in [5.41, 5.74) is -0.0583. The van der Waals surface area contributed by atoms with Gasteiger partial charge in [0.05, 0.1) is 5.60 Å². The molecule has 152 valence electrons. The SMILES string of the molecule is C[C@@]1(OCC(=O)C23CCC4CC(CC(C4)C2)C3)CC[C@@H]2CCCC[C@@H](C2)C1. The molecule has 2 nitrogen and oxygen atoms in total. The lowest BCUT2D eigenvalue weighted by Crippen LogP contribution is -2.43. The maximum absolute atomic E-state index is 13.5. The molecule has 0 aromatic carbocycles. The van der Waals surface area contributed by atoms with Crippen molar-refractivity contribution in [3.63, 3.8) is 0 Å². The first-order valence-corrected chi connectivity index (χ1v) is 12.2. The Labute approximate surface area is 166 Å². The van der Waals surface area contributed by atoms with E-state index in [2.05, 4.69) is 6.92 Å². The van der Waals surface area contributed by atoms with Gasteiger partial charge in [-0.05, 0) is 107 Å². The monoisotopic (exact) mass is 372 g/mol. The number of fused-ring (bicyclic) bond motifs is 3. The molecule has 0 radical (unpaired) electrons. The fourth-order valence-electron chi connectivity index (χ4n) is 8.28. The van der Waals surface area contributed by atoms with E-state index in [1.165, 1.54) is 89.9 Å². The van der Waals surface area contributed by atoms with E-state index in [1.54, 1.807) is 0 Å². The number of Topliss-reactive ketones (excluding diaryl/α,β-unsaturated/α-hetero) is 1. The maximum atomic E-state index is 13.5. The first kappa shape index (κ1) is 18.6. The molecule has 6 aliphatic carbocycles. The van der Waals surface area contributed by atoms with Gasteiger partial charge in [0.2, 0.25) is 0 Å². The number of ketones is 1. The molecule has 0 aromatic heterocycles. The van der Waals surface area contributed by atoms with Crippen molar-refractivity contribution in [2.75, 3.05) is 6.61 Å². The number of ether oxygens (including phenoxy) is 1. The van der Waals surface area contributed by atoms with Crippen molar-refractivity contribution in [1.29, 1.82) is 0 Å². The number of hydrogen-bond acceptors (Lipinski definition) is 2. The summed E-state index contributed by atoms with van der Waals surface area (Å²) in [6.45, 7) is 2.72. The summed E-state index contributed by atoms with van der Waals surface area (Å²) in [7, 11) is 0. The van der Waals surface area contributed by atoms with E-state index in [9.17, 15) is 4.79 Å². The van der Waals surface area contributed by atoms with Gasteiger partial charge in [0.1, 0.15) is 6.61 Å². The first-order valence-electron chi connectivity index (χ1n) is 12.2. The molecule has 6 rings (SSSR count).